The van der Waals surface area contributed by atoms with Crippen LogP contribution in [-0.2, 0) is 17.7 Å². The van der Waals surface area contributed by atoms with Crippen molar-refractivity contribution in [1.29, 1.82) is 5.41 Å². The predicted molar refractivity (Wildman–Crippen MR) is 136 cm³/mol. The maximum Gasteiger partial charge on any atom is 0.153 e. The average Bonchev–Trinajstić information content (AvgIpc) is 2.84. The Morgan fingerprint density at radius 1 is 1.18 bits per heavy atom. The van der Waals surface area contributed by atoms with E-state index >= 15 is 0 Å². The molecule has 0 bridgehead atoms. The first kappa shape index (κ1) is 25.4. The highest BCUT2D eigenvalue weighted by Gasteiger charge is 2.16. The molecule has 0 aliphatic rings. The van der Waals surface area contributed by atoms with Crippen molar-refractivity contribution in [3.63, 3.8) is 0 Å². The van der Waals surface area contributed by atoms with Crippen molar-refractivity contribution >= 4 is 28.5 Å². The van der Waals surface area contributed by atoms with Crippen LogP contribution in [0.3, 0.4) is 0 Å². The highest BCUT2D eigenvalue weighted by atomic mass is 32.2. The summed E-state index contributed by atoms with van der Waals surface area (Å²) in [6, 6.07) is 14.5. The number of hydrogen-bond acceptors (Lipinski definition) is 8. The standard InChI is InChI=1S/C25H29N5O3S/c1-16(2)34(33)20-9-7-19(8-10-20)22-15-29-25(27)24(30-22)23(32)13-21(26)18-5-3-17(4-6-18)14-28-11-12-31/h3-10,13,15-16,26,28,31-32H,11-12,14H2,1-2H3,(H2,27,29)/b23-13-,26-21?. The van der Waals surface area contributed by atoms with Gasteiger partial charge in [0.2, 0.25) is 0 Å². The lowest BCUT2D eigenvalue weighted by molar-refractivity contribution is 0.292. The molecule has 1 unspecified atom stereocenters. The summed E-state index contributed by atoms with van der Waals surface area (Å²) in [5, 5.41) is 30.9. The minimum atomic E-state index is -1.09. The van der Waals surface area contributed by atoms with Gasteiger partial charge in [-0.3, -0.25) is 0 Å². The fraction of sp³-hybridized carbons (Fsp3) is 0.240. The second-order valence-electron chi connectivity index (χ2n) is 7.90. The van der Waals surface area contributed by atoms with Gasteiger partial charge in [-0.1, -0.05) is 24.3 Å². The van der Waals surface area contributed by atoms with Crippen molar-refractivity contribution in [3.8, 4) is 11.3 Å². The van der Waals surface area contributed by atoms with E-state index in [4.69, 9.17) is 16.2 Å². The Hall–Kier alpha value is -3.24. The SMILES string of the molecule is CC(C)[S+]([O-])c1ccc(-c2cnc(N)c(/C(O)=C/C(=N)c3ccc(CNCCO)cc3)n2)cc1. The number of aromatic nitrogens is 2. The summed E-state index contributed by atoms with van der Waals surface area (Å²) < 4.78 is 12.3. The number of anilines is 1. The van der Waals surface area contributed by atoms with Crippen LogP contribution in [0, 0.1) is 5.41 Å². The van der Waals surface area contributed by atoms with Crippen molar-refractivity contribution < 1.29 is 14.8 Å². The molecular formula is C25H29N5O3S. The fourth-order valence-corrected chi connectivity index (χ4v) is 4.11. The van der Waals surface area contributed by atoms with Crippen LogP contribution in [0.4, 0.5) is 5.82 Å². The Morgan fingerprint density at radius 2 is 1.85 bits per heavy atom. The Balaban J connectivity index is 1.79. The molecule has 0 spiro atoms. The number of aliphatic hydroxyl groups excluding tert-OH is 2. The molecule has 9 heteroatoms. The van der Waals surface area contributed by atoms with Crippen molar-refractivity contribution in [3.05, 3.63) is 77.6 Å². The van der Waals surface area contributed by atoms with E-state index < -0.39 is 11.2 Å². The van der Waals surface area contributed by atoms with Crippen molar-refractivity contribution in [2.24, 2.45) is 0 Å². The maximum absolute atomic E-state index is 12.3. The number of hydrogen-bond donors (Lipinski definition) is 5. The largest absolute Gasteiger partial charge is 0.611 e. The fourth-order valence-electron chi connectivity index (χ4n) is 3.16. The monoisotopic (exact) mass is 479 g/mol. The first-order valence-corrected chi connectivity index (χ1v) is 12.1. The van der Waals surface area contributed by atoms with Crippen molar-refractivity contribution in [1.82, 2.24) is 15.3 Å². The van der Waals surface area contributed by atoms with Gasteiger partial charge in [0.25, 0.3) is 0 Å². The van der Waals surface area contributed by atoms with Gasteiger partial charge in [0.05, 0.1) is 24.2 Å². The highest BCUT2D eigenvalue weighted by Crippen LogP contribution is 2.24. The van der Waals surface area contributed by atoms with Crippen LogP contribution in [0.1, 0.15) is 30.7 Å². The molecule has 0 fully saturated rings. The summed E-state index contributed by atoms with van der Waals surface area (Å²) >= 11 is -1.09. The molecule has 0 aliphatic carbocycles. The van der Waals surface area contributed by atoms with Crippen molar-refractivity contribution in [2.75, 3.05) is 18.9 Å². The number of nitrogens with two attached hydrogens (primary N) is 1. The third-order valence-electron chi connectivity index (χ3n) is 5.02. The molecule has 6 N–H and O–H groups in total. The summed E-state index contributed by atoms with van der Waals surface area (Å²) in [6.07, 6.45) is 2.80. The van der Waals surface area contributed by atoms with Crippen LogP contribution < -0.4 is 11.1 Å². The van der Waals surface area contributed by atoms with Gasteiger partial charge in [0, 0.05) is 24.7 Å². The topological polar surface area (TPSA) is 151 Å². The van der Waals surface area contributed by atoms with Gasteiger partial charge in [0.15, 0.2) is 10.7 Å². The van der Waals surface area contributed by atoms with Crippen LogP contribution in [-0.4, -0.2) is 48.8 Å². The van der Waals surface area contributed by atoms with E-state index in [2.05, 4.69) is 15.3 Å². The molecule has 1 heterocycles. The third kappa shape index (κ3) is 6.42. The highest BCUT2D eigenvalue weighted by molar-refractivity contribution is 7.92. The van der Waals surface area contributed by atoms with Gasteiger partial charge < -0.3 is 31.2 Å². The number of rotatable bonds is 10. The summed E-state index contributed by atoms with van der Waals surface area (Å²) in [5.41, 5.74) is 9.01. The van der Waals surface area contributed by atoms with E-state index in [-0.39, 0.29) is 34.8 Å². The number of nitrogens with one attached hydrogen (secondary N) is 2. The molecule has 8 nitrogen and oxygen atoms in total. The van der Waals surface area contributed by atoms with Crippen LogP contribution in [0.2, 0.25) is 0 Å². The molecule has 0 amide bonds. The summed E-state index contributed by atoms with van der Waals surface area (Å²) in [6.45, 7) is 5.00. The van der Waals surface area contributed by atoms with Gasteiger partial charge in [0.1, 0.15) is 16.7 Å². The molecule has 178 valence electrons. The lowest BCUT2D eigenvalue weighted by atomic mass is 10.1. The zero-order chi connectivity index (χ0) is 24.7. The molecular weight excluding hydrogens is 450 g/mol. The maximum atomic E-state index is 12.3. The molecule has 0 saturated carbocycles. The lowest BCUT2D eigenvalue weighted by Gasteiger charge is -2.14. The van der Waals surface area contributed by atoms with Crippen LogP contribution in [0.25, 0.3) is 17.0 Å². The van der Waals surface area contributed by atoms with Crippen LogP contribution in [0.5, 0.6) is 0 Å². The first-order chi connectivity index (χ1) is 16.3. The van der Waals surface area contributed by atoms with E-state index in [9.17, 15) is 9.66 Å². The van der Waals surface area contributed by atoms with Crippen LogP contribution in [0.15, 0.2) is 65.7 Å². The second-order valence-corrected chi connectivity index (χ2v) is 9.91. The van der Waals surface area contributed by atoms with Crippen molar-refractivity contribution in [2.45, 2.75) is 30.5 Å². The molecule has 1 atom stereocenters. The first-order valence-electron chi connectivity index (χ1n) is 10.8. The number of nitrogens with zero attached hydrogens (tertiary/aromatic N) is 2. The number of allylic oxidation sites excluding steroid dienone is 1. The van der Waals surface area contributed by atoms with E-state index in [1.807, 2.05) is 26.0 Å². The summed E-state index contributed by atoms with van der Waals surface area (Å²) in [5.74, 6) is -0.212. The normalized spacial score (nSPS) is 12.7. The Labute approximate surface area is 202 Å². The van der Waals surface area contributed by atoms with E-state index in [0.29, 0.717) is 24.3 Å². The van der Waals surface area contributed by atoms with E-state index in [0.717, 1.165) is 16.0 Å². The van der Waals surface area contributed by atoms with Crippen LogP contribution >= 0.6 is 0 Å². The van der Waals surface area contributed by atoms with Gasteiger partial charge in [-0.05, 0) is 60.4 Å². The molecule has 34 heavy (non-hydrogen) atoms. The van der Waals surface area contributed by atoms with E-state index in [1.165, 1.54) is 12.3 Å². The summed E-state index contributed by atoms with van der Waals surface area (Å²) in [4.78, 5) is 9.33. The zero-order valence-electron chi connectivity index (χ0n) is 19.2. The van der Waals surface area contributed by atoms with Gasteiger partial charge >= 0.3 is 0 Å². The minimum Gasteiger partial charge on any atom is -0.611 e. The predicted octanol–water partition coefficient (Wildman–Crippen LogP) is 3.29. The molecule has 0 aliphatic heterocycles. The zero-order valence-corrected chi connectivity index (χ0v) is 20.0. The van der Waals surface area contributed by atoms with E-state index in [1.54, 1.807) is 36.4 Å². The van der Waals surface area contributed by atoms with Gasteiger partial charge in [-0.25, -0.2) is 9.97 Å². The van der Waals surface area contributed by atoms with Gasteiger partial charge in [-0.2, -0.15) is 0 Å². The smallest absolute Gasteiger partial charge is 0.153 e. The van der Waals surface area contributed by atoms with Gasteiger partial charge in [-0.15, -0.1) is 0 Å². The third-order valence-corrected chi connectivity index (χ3v) is 6.61. The quantitative estimate of drug-likeness (QED) is 0.129. The average molecular weight is 480 g/mol. The Morgan fingerprint density at radius 3 is 2.47 bits per heavy atom. The Kier molecular flexibility index (Phi) is 8.78. The molecule has 0 saturated heterocycles. The number of benzene rings is 2. The number of aliphatic hydroxyl groups is 2. The molecule has 3 aromatic rings. The number of nitrogen functional groups attached to an aromatic ring is 1. The molecule has 1 aromatic heterocycles. The molecule has 0 radical (unpaired) electrons. The lowest BCUT2D eigenvalue weighted by Crippen LogP contribution is -2.17. The molecule has 2 aromatic carbocycles. The second kappa shape index (κ2) is 11.8. The minimum absolute atomic E-state index is 0.0188. The molecule has 3 rings (SSSR count). The Bertz CT molecular complexity index is 1150. The summed E-state index contributed by atoms with van der Waals surface area (Å²) in [7, 11) is 0.